The number of phenolic OH excluding ortho intramolecular Hbond substituents is 1. The second-order valence-electron chi connectivity index (χ2n) is 9.64. The van der Waals surface area contributed by atoms with Gasteiger partial charge in [-0.2, -0.15) is 0 Å². The molecule has 2 aliphatic rings. The van der Waals surface area contributed by atoms with E-state index in [4.69, 9.17) is 4.74 Å². The van der Waals surface area contributed by atoms with Crippen molar-refractivity contribution in [3.8, 4) is 5.75 Å². The molecule has 1 N–H and O–H groups in total. The van der Waals surface area contributed by atoms with Crippen molar-refractivity contribution in [1.29, 1.82) is 0 Å². The topological polar surface area (TPSA) is 35.9 Å². The van der Waals surface area contributed by atoms with Gasteiger partial charge in [-0.3, -0.25) is 9.80 Å². The number of rotatable bonds is 8. The van der Waals surface area contributed by atoms with Crippen LogP contribution in [0.2, 0.25) is 0 Å². The molecule has 4 heteroatoms. The van der Waals surface area contributed by atoms with E-state index < -0.39 is 0 Å². The second-order valence-corrected chi connectivity index (χ2v) is 9.64. The lowest BCUT2D eigenvalue weighted by molar-refractivity contribution is 0.0843. The summed E-state index contributed by atoms with van der Waals surface area (Å²) in [5, 5.41) is 10.1. The molecule has 0 bridgehead atoms. The summed E-state index contributed by atoms with van der Waals surface area (Å²) < 4.78 is 5.41. The van der Waals surface area contributed by atoms with Crippen LogP contribution in [0, 0.1) is 19.8 Å². The van der Waals surface area contributed by atoms with E-state index in [9.17, 15) is 5.11 Å². The number of aryl methyl sites for hydroxylation is 2. The molecule has 0 spiro atoms. The van der Waals surface area contributed by atoms with Crippen LogP contribution in [0.15, 0.2) is 36.4 Å². The van der Waals surface area contributed by atoms with Crippen molar-refractivity contribution in [1.82, 2.24) is 9.80 Å². The van der Waals surface area contributed by atoms with Gasteiger partial charge in [-0.25, -0.2) is 0 Å². The number of methoxy groups -OCH3 is 1. The fourth-order valence-corrected chi connectivity index (χ4v) is 5.59. The van der Waals surface area contributed by atoms with Gasteiger partial charge in [0, 0.05) is 39.3 Å². The largest absolute Gasteiger partial charge is 0.507 e. The first-order valence-electron chi connectivity index (χ1n) is 11.8. The average molecular weight is 423 g/mol. The Kier molecular flexibility index (Phi) is 7.31. The maximum Gasteiger partial charge on any atom is 0.121 e. The Bertz CT molecular complexity index is 833. The Labute approximate surface area is 187 Å². The third-order valence-electron chi connectivity index (χ3n) is 7.18. The van der Waals surface area contributed by atoms with Crippen LogP contribution in [0.5, 0.6) is 5.75 Å². The third-order valence-corrected chi connectivity index (χ3v) is 7.18. The zero-order valence-corrected chi connectivity index (χ0v) is 19.4. The van der Waals surface area contributed by atoms with Crippen LogP contribution in [0.4, 0.5) is 0 Å². The van der Waals surface area contributed by atoms with Crippen LogP contribution in [-0.4, -0.2) is 60.8 Å². The van der Waals surface area contributed by atoms with Gasteiger partial charge in [-0.1, -0.05) is 36.4 Å². The molecule has 0 saturated carbocycles. The summed E-state index contributed by atoms with van der Waals surface area (Å²) in [5.74, 6) is 1.13. The molecular weight excluding hydrogens is 384 g/mol. The van der Waals surface area contributed by atoms with Gasteiger partial charge in [0.25, 0.3) is 0 Å². The van der Waals surface area contributed by atoms with Crippen molar-refractivity contribution in [3.05, 3.63) is 64.2 Å². The third kappa shape index (κ3) is 5.49. The smallest absolute Gasteiger partial charge is 0.121 e. The minimum absolute atomic E-state index is 0.424. The summed E-state index contributed by atoms with van der Waals surface area (Å²) >= 11 is 0. The van der Waals surface area contributed by atoms with Crippen molar-refractivity contribution in [2.24, 2.45) is 5.92 Å². The van der Waals surface area contributed by atoms with E-state index in [2.05, 4.69) is 46.2 Å². The Balaban J connectivity index is 1.38. The van der Waals surface area contributed by atoms with Crippen LogP contribution in [0.25, 0.3) is 0 Å². The van der Waals surface area contributed by atoms with Crippen LogP contribution < -0.4 is 0 Å². The molecule has 0 aromatic heterocycles. The predicted octanol–water partition coefficient (Wildman–Crippen LogP) is 4.34. The monoisotopic (exact) mass is 422 g/mol. The van der Waals surface area contributed by atoms with Gasteiger partial charge in [0.05, 0.1) is 6.61 Å². The molecule has 1 fully saturated rings. The number of likely N-dealkylation sites (tertiary alicyclic amines) is 1. The minimum atomic E-state index is 0.424. The lowest BCUT2D eigenvalue weighted by atomic mass is 9.95. The SMILES string of the molecule is COCCN(Cc1cc(C)c(O)c(C)c1)CC1CCCN(C2Cc3ccccc3C2)C1. The highest BCUT2D eigenvalue weighted by molar-refractivity contribution is 5.42. The Morgan fingerprint density at radius 2 is 1.77 bits per heavy atom. The number of piperidine rings is 1. The lowest BCUT2D eigenvalue weighted by Gasteiger charge is -2.39. The molecule has 1 aliphatic carbocycles. The summed E-state index contributed by atoms with van der Waals surface area (Å²) in [6.45, 7) is 10.1. The first kappa shape index (κ1) is 22.3. The summed E-state index contributed by atoms with van der Waals surface area (Å²) in [5.41, 5.74) is 6.31. The quantitative estimate of drug-likeness (QED) is 0.687. The molecule has 2 aromatic rings. The molecule has 2 aromatic carbocycles. The highest BCUT2D eigenvalue weighted by Crippen LogP contribution is 2.29. The van der Waals surface area contributed by atoms with E-state index >= 15 is 0 Å². The Hall–Kier alpha value is -1.88. The van der Waals surface area contributed by atoms with E-state index in [0.29, 0.717) is 17.7 Å². The van der Waals surface area contributed by atoms with Crippen LogP contribution in [0.3, 0.4) is 0 Å². The molecule has 4 rings (SSSR count). The molecule has 1 heterocycles. The zero-order chi connectivity index (χ0) is 21.8. The van der Waals surface area contributed by atoms with Gasteiger partial charge in [-0.05, 0) is 79.8 Å². The number of aromatic hydroxyl groups is 1. The van der Waals surface area contributed by atoms with E-state index in [1.54, 1.807) is 18.2 Å². The molecule has 1 atom stereocenters. The van der Waals surface area contributed by atoms with Crippen molar-refractivity contribution in [2.45, 2.75) is 52.1 Å². The molecule has 0 amide bonds. The number of fused-ring (bicyclic) bond motifs is 1. The molecular formula is C27H38N2O2. The number of ether oxygens (including phenoxy) is 1. The molecule has 1 unspecified atom stereocenters. The van der Waals surface area contributed by atoms with Gasteiger partial charge in [-0.15, -0.1) is 0 Å². The number of hydrogen-bond acceptors (Lipinski definition) is 4. The molecule has 0 radical (unpaired) electrons. The zero-order valence-electron chi connectivity index (χ0n) is 19.4. The van der Waals surface area contributed by atoms with Crippen LogP contribution >= 0.6 is 0 Å². The standard InChI is InChI=1S/C27H38N2O2/c1-20-13-23(14-21(2)27(20)30)18-28(11-12-31-3)17-22-7-6-10-29(19-22)26-15-24-8-4-5-9-25(24)16-26/h4-5,8-9,13-14,22,26,30H,6-7,10-12,15-19H2,1-3H3. The summed E-state index contributed by atoms with van der Waals surface area (Å²) in [7, 11) is 1.78. The first-order chi connectivity index (χ1) is 15.0. The van der Waals surface area contributed by atoms with Gasteiger partial charge < -0.3 is 9.84 Å². The van der Waals surface area contributed by atoms with Crippen molar-refractivity contribution >= 4 is 0 Å². The number of phenols is 1. The molecule has 1 aliphatic heterocycles. The highest BCUT2D eigenvalue weighted by atomic mass is 16.5. The van der Waals surface area contributed by atoms with Gasteiger partial charge in [0.1, 0.15) is 5.75 Å². The number of nitrogens with zero attached hydrogens (tertiary/aromatic N) is 2. The molecule has 1 saturated heterocycles. The van der Waals surface area contributed by atoms with Gasteiger partial charge in [0.2, 0.25) is 0 Å². The summed E-state index contributed by atoms with van der Waals surface area (Å²) in [4.78, 5) is 5.31. The van der Waals surface area contributed by atoms with E-state index in [1.807, 2.05) is 13.8 Å². The Morgan fingerprint density at radius 3 is 2.42 bits per heavy atom. The summed E-state index contributed by atoms with van der Waals surface area (Å²) in [6, 6.07) is 13.9. The highest BCUT2D eigenvalue weighted by Gasteiger charge is 2.31. The molecule has 4 nitrogen and oxygen atoms in total. The fourth-order valence-electron chi connectivity index (χ4n) is 5.59. The Morgan fingerprint density at radius 1 is 1.10 bits per heavy atom. The number of hydrogen-bond donors (Lipinski definition) is 1. The van der Waals surface area contributed by atoms with Crippen molar-refractivity contribution < 1.29 is 9.84 Å². The van der Waals surface area contributed by atoms with E-state index in [1.165, 1.54) is 44.3 Å². The summed E-state index contributed by atoms with van der Waals surface area (Å²) in [6.07, 6.45) is 5.03. The van der Waals surface area contributed by atoms with Crippen LogP contribution in [-0.2, 0) is 24.1 Å². The maximum atomic E-state index is 10.1. The first-order valence-corrected chi connectivity index (χ1v) is 11.8. The van der Waals surface area contributed by atoms with Gasteiger partial charge in [0.15, 0.2) is 0 Å². The van der Waals surface area contributed by atoms with Crippen molar-refractivity contribution in [2.75, 3.05) is 39.9 Å². The second kappa shape index (κ2) is 10.2. The average Bonchev–Trinajstić information content (AvgIpc) is 3.20. The minimum Gasteiger partial charge on any atom is -0.507 e. The normalized spacial score (nSPS) is 19.8. The predicted molar refractivity (Wildman–Crippen MR) is 127 cm³/mol. The lowest BCUT2D eigenvalue weighted by Crippen LogP contribution is -2.46. The van der Waals surface area contributed by atoms with E-state index in [0.717, 1.165) is 37.4 Å². The van der Waals surface area contributed by atoms with E-state index in [-0.39, 0.29) is 0 Å². The van der Waals surface area contributed by atoms with Crippen molar-refractivity contribution in [3.63, 3.8) is 0 Å². The molecule has 168 valence electrons. The fraction of sp³-hybridized carbons (Fsp3) is 0.556. The van der Waals surface area contributed by atoms with Crippen LogP contribution in [0.1, 0.15) is 40.7 Å². The number of benzene rings is 2. The maximum absolute atomic E-state index is 10.1. The van der Waals surface area contributed by atoms with Gasteiger partial charge >= 0.3 is 0 Å². The molecule has 31 heavy (non-hydrogen) atoms.